The molecule has 0 bridgehead atoms. The molecule has 2 aromatic rings. The molecule has 0 spiro atoms. The van der Waals surface area contributed by atoms with Crippen molar-refractivity contribution in [1.29, 1.82) is 5.26 Å². The molecule has 2 aliphatic rings. The summed E-state index contributed by atoms with van der Waals surface area (Å²) in [6.45, 7) is 4.38. The lowest BCUT2D eigenvalue weighted by atomic mass is 10.0. The Hall–Kier alpha value is -2.77. The molecule has 1 amide bonds. The Kier molecular flexibility index (Phi) is 6.78. The zero-order chi connectivity index (χ0) is 24.5. The Morgan fingerprint density at radius 2 is 1.65 bits per heavy atom. The van der Waals surface area contributed by atoms with Crippen LogP contribution in [0.3, 0.4) is 0 Å². The fourth-order valence-corrected chi connectivity index (χ4v) is 5.67. The van der Waals surface area contributed by atoms with Gasteiger partial charge in [-0.2, -0.15) is 9.57 Å². The molecule has 34 heavy (non-hydrogen) atoms. The number of nitriles is 1. The van der Waals surface area contributed by atoms with E-state index in [0.717, 1.165) is 29.8 Å². The van der Waals surface area contributed by atoms with Crippen molar-refractivity contribution >= 4 is 15.9 Å². The molecule has 3 atom stereocenters. The lowest BCUT2D eigenvalue weighted by molar-refractivity contribution is -0.123. The van der Waals surface area contributed by atoms with E-state index in [0.29, 0.717) is 30.8 Å². The quantitative estimate of drug-likeness (QED) is 0.620. The number of nitrogens with one attached hydrogen (secondary N) is 1. The van der Waals surface area contributed by atoms with Crippen LogP contribution in [0.15, 0.2) is 53.4 Å². The summed E-state index contributed by atoms with van der Waals surface area (Å²) in [5.74, 6) is -0.135. The maximum atomic E-state index is 12.9. The Morgan fingerprint density at radius 3 is 2.15 bits per heavy atom. The topological polar surface area (TPSA) is 120 Å². The molecule has 0 radical (unpaired) electrons. The zero-order valence-corrected chi connectivity index (χ0v) is 20.4. The van der Waals surface area contributed by atoms with E-state index >= 15 is 0 Å². The van der Waals surface area contributed by atoms with Crippen LogP contribution in [0.5, 0.6) is 0 Å². The number of carbonyl (C=O) groups excluding carboxylic acids is 1. The maximum absolute atomic E-state index is 12.9. The van der Waals surface area contributed by atoms with Gasteiger partial charge in [-0.05, 0) is 48.2 Å². The number of benzene rings is 2. The fraction of sp³-hybridized carbons (Fsp3) is 0.440. The normalized spacial score (nSPS) is 24.2. The fourth-order valence-electron chi connectivity index (χ4n) is 4.25. The first-order chi connectivity index (χ1) is 16.1. The van der Waals surface area contributed by atoms with Gasteiger partial charge in [-0.3, -0.25) is 4.79 Å². The summed E-state index contributed by atoms with van der Waals surface area (Å²) in [6, 6.07) is 16.1. The largest absolute Gasteiger partial charge is 0.338 e. The Balaban J connectivity index is 1.40. The van der Waals surface area contributed by atoms with E-state index < -0.39 is 21.6 Å². The standard InChI is InChI=1S/C25H31N5O3S/c1-18-16-25(18,27)24(31)28-22(17-26)15-19-3-5-20(6-4-19)21-7-9-23(10-8-21)34(32,33)30-13-11-29(2)12-14-30/h3-10,18,22H,11-16,27H2,1-2H3,(H,28,31)/t18?,22?,25-/m0/s1. The highest BCUT2D eigenvalue weighted by Crippen LogP contribution is 2.40. The molecule has 1 aliphatic heterocycles. The summed E-state index contributed by atoms with van der Waals surface area (Å²) in [5, 5.41) is 12.2. The first-order valence-electron chi connectivity index (χ1n) is 11.5. The molecule has 4 rings (SSSR count). The van der Waals surface area contributed by atoms with Crippen molar-refractivity contribution < 1.29 is 13.2 Å². The molecule has 0 aromatic heterocycles. The Labute approximate surface area is 201 Å². The number of hydrogen-bond donors (Lipinski definition) is 2. The van der Waals surface area contributed by atoms with Gasteiger partial charge in [-0.25, -0.2) is 8.42 Å². The molecule has 1 saturated carbocycles. The second kappa shape index (κ2) is 9.47. The average molecular weight is 482 g/mol. The molecular weight excluding hydrogens is 450 g/mol. The van der Waals surface area contributed by atoms with Gasteiger partial charge in [0.25, 0.3) is 0 Å². The van der Waals surface area contributed by atoms with Gasteiger partial charge >= 0.3 is 0 Å². The molecule has 2 aromatic carbocycles. The van der Waals surface area contributed by atoms with Gasteiger partial charge in [0, 0.05) is 32.6 Å². The monoisotopic (exact) mass is 481 g/mol. The van der Waals surface area contributed by atoms with Gasteiger partial charge in [0.05, 0.1) is 16.5 Å². The number of amides is 1. The number of nitrogens with two attached hydrogens (primary N) is 1. The second-order valence-corrected chi connectivity index (χ2v) is 11.4. The number of likely N-dealkylation sites (N-methyl/N-ethyl adjacent to an activating group) is 1. The van der Waals surface area contributed by atoms with Gasteiger partial charge in [0.1, 0.15) is 6.04 Å². The van der Waals surface area contributed by atoms with Crippen molar-refractivity contribution in [3.05, 3.63) is 54.1 Å². The first-order valence-corrected chi connectivity index (χ1v) is 12.9. The molecule has 1 heterocycles. The third-order valence-electron chi connectivity index (χ3n) is 6.93. The maximum Gasteiger partial charge on any atom is 0.243 e. The van der Waals surface area contributed by atoms with E-state index in [1.165, 1.54) is 4.31 Å². The van der Waals surface area contributed by atoms with E-state index in [-0.39, 0.29) is 11.8 Å². The highest BCUT2D eigenvalue weighted by molar-refractivity contribution is 7.89. The van der Waals surface area contributed by atoms with Crippen molar-refractivity contribution in [2.75, 3.05) is 33.2 Å². The van der Waals surface area contributed by atoms with Crippen LogP contribution in [0.4, 0.5) is 0 Å². The van der Waals surface area contributed by atoms with Crippen LogP contribution in [-0.2, 0) is 21.2 Å². The van der Waals surface area contributed by atoms with E-state index in [1.807, 2.05) is 50.4 Å². The molecule has 3 N–H and O–H groups in total. The van der Waals surface area contributed by atoms with Crippen LogP contribution in [0, 0.1) is 17.2 Å². The number of rotatable bonds is 7. The van der Waals surface area contributed by atoms with Gasteiger partial charge < -0.3 is 16.0 Å². The summed E-state index contributed by atoms with van der Waals surface area (Å²) in [7, 11) is -1.50. The number of carbonyl (C=O) groups is 1. The smallest absolute Gasteiger partial charge is 0.243 e. The highest BCUT2D eigenvalue weighted by Gasteiger charge is 2.54. The SMILES string of the molecule is CC1C[C@@]1(N)C(=O)NC(C#N)Cc1ccc(-c2ccc(S(=O)(=O)N3CCN(C)CC3)cc2)cc1. The third kappa shape index (κ3) is 5.00. The minimum Gasteiger partial charge on any atom is -0.338 e. The lowest BCUT2D eigenvalue weighted by Crippen LogP contribution is -2.48. The second-order valence-electron chi connectivity index (χ2n) is 9.43. The summed E-state index contributed by atoms with van der Waals surface area (Å²) in [4.78, 5) is 14.7. The highest BCUT2D eigenvalue weighted by atomic mass is 32.2. The van der Waals surface area contributed by atoms with E-state index in [4.69, 9.17) is 5.73 Å². The number of sulfonamides is 1. The van der Waals surface area contributed by atoms with Crippen molar-refractivity contribution in [3.63, 3.8) is 0 Å². The Bertz CT molecular complexity index is 1180. The molecule has 8 nitrogen and oxygen atoms in total. The number of piperazine rings is 1. The minimum absolute atomic E-state index is 0.133. The molecule has 2 unspecified atom stereocenters. The third-order valence-corrected chi connectivity index (χ3v) is 8.84. The van der Waals surface area contributed by atoms with Crippen LogP contribution < -0.4 is 11.1 Å². The van der Waals surface area contributed by atoms with Gasteiger partial charge in [0.2, 0.25) is 15.9 Å². The minimum atomic E-state index is -3.49. The molecule has 1 aliphatic carbocycles. The predicted molar refractivity (Wildman–Crippen MR) is 130 cm³/mol. The summed E-state index contributed by atoms with van der Waals surface area (Å²) in [6.07, 6.45) is 1.02. The molecular formula is C25H31N5O3S. The molecule has 1 saturated heterocycles. The summed E-state index contributed by atoms with van der Waals surface area (Å²) in [5.41, 5.74) is 7.95. The van der Waals surface area contributed by atoms with Crippen LogP contribution in [-0.4, -0.2) is 68.3 Å². The zero-order valence-electron chi connectivity index (χ0n) is 19.6. The molecule has 180 valence electrons. The summed E-state index contributed by atoms with van der Waals surface area (Å²) >= 11 is 0. The van der Waals surface area contributed by atoms with E-state index in [9.17, 15) is 18.5 Å². The molecule has 9 heteroatoms. The van der Waals surface area contributed by atoms with Gasteiger partial charge in [-0.1, -0.05) is 43.3 Å². The van der Waals surface area contributed by atoms with Crippen LogP contribution in [0.1, 0.15) is 18.9 Å². The van der Waals surface area contributed by atoms with Crippen molar-refractivity contribution in [2.45, 2.75) is 36.2 Å². The van der Waals surface area contributed by atoms with Crippen molar-refractivity contribution in [1.82, 2.24) is 14.5 Å². The van der Waals surface area contributed by atoms with E-state index in [1.54, 1.807) is 12.1 Å². The lowest BCUT2D eigenvalue weighted by Gasteiger charge is -2.31. The number of nitrogens with zero attached hydrogens (tertiary/aromatic N) is 3. The van der Waals surface area contributed by atoms with Crippen LogP contribution in [0.2, 0.25) is 0 Å². The van der Waals surface area contributed by atoms with Gasteiger partial charge in [0.15, 0.2) is 0 Å². The Morgan fingerprint density at radius 1 is 1.12 bits per heavy atom. The average Bonchev–Trinajstić information content (AvgIpc) is 3.47. The van der Waals surface area contributed by atoms with Crippen molar-refractivity contribution in [3.8, 4) is 17.2 Å². The van der Waals surface area contributed by atoms with Crippen molar-refractivity contribution in [2.24, 2.45) is 11.7 Å². The number of hydrogen-bond acceptors (Lipinski definition) is 6. The van der Waals surface area contributed by atoms with Crippen LogP contribution >= 0.6 is 0 Å². The first kappa shape index (κ1) is 24.4. The van der Waals surface area contributed by atoms with Crippen LogP contribution in [0.25, 0.3) is 11.1 Å². The predicted octanol–water partition coefficient (Wildman–Crippen LogP) is 1.58. The van der Waals surface area contributed by atoms with Gasteiger partial charge in [-0.15, -0.1) is 0 Å². The van der Waals surface area contributed by atoms with E-state index in [2.05, 4.69) is 16.3 Å². The molecule has 2 fully saturated rings. The summed E-state index contributed by atoms with van der Waals surface area (Å²) < 4.78 is 27.4.